The standard InChI is InChI=1S/C15H16ClN3O2/c1-7(2)10-5-13(18-19-15(10)20)21-14-9-4-3-8(9)12(17)6-11(14)16/h5-7H,3-4,17H2,1-2H3,(H,19,20). The van der Waals surface area contributed by atoms with Crippen LogP contribution in [0.4, 0.5) is 5.69 Å². The number of nitrogen functional groups attached to an aromatic ring is 1. The summed E-state index contributed by atoms with van der Waals surface area (Å²) in [6.07, 6.45) is 1.82. The van der Waals surface area contributed by atoms with Crippen molar-refractivity contribution < 1.29 is 4.74 Å². The molecule has 3 N–H and O–H groups in total. The van der Waals surface area contributed by atoms with E-state index in [0.29, 0.717) is 27.9 Å². The molecule has 0 bridgehead atoms. The number of anilines is 1. The maximum absolute atomic E-state index is 11.7. The van der Waals surface area contributed by atoms with Crippen molar-refractivity contribution in [3.63, 3.8) is 0 Å². The van der Waals surface area contributed by atoms with Gasteiger partial charge < -0.3 is 10.5 Å². The molecule has 1 heterocycles. The molecular formula is C15H16ClN3O2. The van der Waals surface area contributed by atoms with Crippen molar-refractivity contribution in [3.05, 3.63) is 44.2 Å². The van der Waals surface area contributed by atoms with Crippen molar-refractivity contribution in [2.75, 3.05) is 5.73 Å². The van der Waals surface area contributed by atoms with Crippen LogP contribution in [0.25, 0.3) is 0 Å². The van der Waals surface area contributed by atoms with E-state index < -0.39 is 0 Å². The molecule has 1 aliphatic carbocycles. The number of fused-ring (bicyclic) bond motifs is 1. The summed E-state index contributed by atoms with van der Waals surface area (Å²) in [6.45, 7) is 3.88. The van der Waals surface area contributed by atoms with Gasteiger partial charge in [-0.15, -0.1) is 5.10 Å². The quantitative estimate of drug-likeness (QED) is 0.854. The highest BCUT2D eigenvalue weighted by Gasteiger charge is 2.24. The molecule has 0 fully saturated rings. The number of hydrogen-bond acceptors (Lipinski definition) is 4. The number of nitrogens with zero attached hydrogens (tertiary/aromatic N) is 1. The number of hydrogen-bond donors (Lipinski definition) is 2. The number of H-pyrrole nitrogens is 1. The van der Waals surface area contributed by atoms with Crippen molar-refractivity contribution in [2.24, 2.45) is 0 Å². The number of ether oxygens (including phenoxy) is 1. The van der Waals surface area contributed by atoms with E-state index in [1.807, 2.05) is 13.8 Å². The molecule has 1 aliphatic rings. The lowest BCUT2D eigenvalue weighted by Crippen LogP contribution is -2.17. The summed E-state index contributed by atoms with van der Waals surface area (Å²) in [5.41, 5.74) is 9.16. The zero-order valence-corrected chi connectivity index (χ0v) is 12.6. The Hall–Kier alpha value is -2.01. The third-order valence-corrected chi connectivity index (χ3v) is 4.03. The lowest BCUT2D eigenvalue weighted by Gasteiger charge is -2.25. The van der Waals surface area contributed by atoms with Gasteiger partial charge in [0.1, 0.15) is 0 Å². The van der Waals surface area contributed by atoms with Gasteiger partial charge in [0, 0.05) is 22.9 Å². The molecule has 0 saturated heterocycles. The Morgan fingerprint density at radius 2 is 2.05 bits per heavy atom. The fourth-order valence-electron chi connectivity index (χ4n) is 2.47. The van der Waals surface area contributed by atoms with E-state index in [4.69, 9.17) is 22.1 Å². The third kappa shape index (κ3) is 2.38. The second-order valence-corrected chi connectivity index (χ2v) is 5.89. The minimum absolute atomic E-state index is 0.0870. The number of benzene rings is 1. The number of nitrogens with one attached hydrogen (secondary N) is 1. The molecule has 21 heavy (non-hydrogen) atoms. The van der Waals surface area contributed by atoms with E-state index in [1.54, 1.807) is 12.1 Å². The normalized spacial score (nSPS) is 13.0. The Morgan fingerprint density at radius 3 is 2.67 bits per heavy atom. The summed E-state index contributed by atoms with van der Waals surface area (Å²) in [4.78, 5) is 11.7. The number of aromatic nitrogens is 2. The highest BCUT2D eigenvalue weighted by Crippen LogP contribution is 2.43. The summed E-state index contributed by atoms with van der Waals surface area (Å²) in [6, 6.07) is 3.35. The second kappa shape index (κ2) is 5.07. The van der Waals surface area contributed by atoms with Crippen LogP contribution in [0, 0.1) is 0 Å². The molecule has 1 aromatic heterocycles. The Morgan fingerprint density at radius 1 is 1.33 bits per heavy atom. The molecular weight excluding hydrogens is 290 g/mol. The molecule has 0 unspecified atom stereocenters. The van der Waals surface area contributed by atoms with Crippen LogP contribution in [-0.4, -0.2) is 10.2 Å². The van der Waals surface area contributed by atoms with E-state index in [1.165, 1.54) is 0 Å². The highest BCUT2D eigenvalue weighted by atomic mass is 35.5. The van der Waals surface area contributed by atoms with Gasteiger partial charge in [-0.25, -0.2) is 5.10 Å². The Bertz CT molecular complexity index is 768. The van der Waals surface area contributed by atoms with Crippen LogP contribution in [0.3, 0.4) is 0 Å². The fourth-order valence-corrected chi connectivity index (χ4v) is 2.74. The van der Waals surface area contributed by atoms with Crippen molar-refractivity contribution in [2.45, 2.75) is 32.6 Å². The fraction of sp³-hybridized carbons (Fsp3) is 0.333. The van der Waals surface area contributed by atoms with E-state index in [9.17, 15) is 4.79 Å². The maximum atomic E-state index is 11.7. The van der Waals surface area contributed by atoms with E-state index >= 15 is 0 Å². The summed E-state index contributed by atoms with van der Waals surface area (Å²) < 4.78 is 5.80. The zero-order valence-electron chi connectivity index (χ0n) is 11.9. The molecule has 3 rings (SSSR count). The number of halogens is 1. The van der Waals surface area contributed by atoms with Crippen LogP contribution in [0.2, 0.25) is 5.02 Å². The first-order chi connectivity index (χ1) is 9.97. The minimum atomic E-state index is -0.200. The van der Waals surface area contributed by atoms with Crippen LogP contribution < -0.4 is 16.0 Å². The number of aromatic amines is 1. The monoisotopic (exact) mass is 305 g/mol. The van der Waals surface area contributed by atoms with Crippen LogP contribution in [0.1, 0.15) is 36.5 Å². The first kappa shape index (κ1) is 13.9. The average Bonchev–Trinajstić information content (AvgIpc) is 2.36. The first-order valence-corrected chi connectivity index (χ1v) is 7.22. The molecule has 5 nitrogen and oxygen atoms in total. The Balaban J connectivity index is 2.00. The molecule has 2 aromatic rings. The van der Waals surface area contributed by atoms with Gasteiger partial charge in [-0.2, -0.15) is 0 Å². The summed E-state index contributed by atoms with van der Waals surface area (Å²) in [7, 11) is 0. The molecule has 0 atom stereocenters. The molecule has 0 radical (unpaired) electrons. The zero-order chi connectivity index (χ0) is 15.1. The van der Waals surface area contributed by atoms with Crippen molar-refractivity contribution >= 4 is 17.3 Å². The van der Waals surface area contributed by atoms with Gasteiger partial charge >= 0.3 is 0 Å². The topological polar surface area (TPSA) is 81.0 Å². The molecule has 0 spiro atoms. The van der Waals surface area contributed by atoms with Crippen molar-refractivity contribution in [1.29, 1.82) is 0 Å². The van der Waals surface area contributed by atoms with Crippen LogP contribution in [-0.2, 0) is 12.8 Å². The largest absolute Gasteiger partial charge is 0.436 e. The van der Waals surface area contributed by atoms with Gasteiger partial charge in [0.05, 0.1) is 5.02 Å². The summed E-state index contributed by atoms with van der Waals surface area (Å²) in [5, 5.41) is 6.84. The average molecular weight is 306 g/mol. The summed E-state index contributed by atoms with van der Waals surface area (Å²) >= 11 is 6.22. The first-order valence-electron chi connectivity index (χ1n) is 6.84. The van der Waals surface area contributed by atoms with E-state index in [2.05, 4.69) is 10.2 Å². The van der Waals surface area contributed by atoms with Gasteiger partial charge in [-0.3, -0.25) is 4.79 Å². The molecule has 0 aliphatic heterocycles. The van der Waals surface area contributed by atoms with Crippen LogP contribution >= 0.6 is 11.6 Å². The lowest BCUT2D eigenvalue weighted by molar-refractivity contribution is 0.442. The van der Waals surface area contributed by atoms with Gasteiger partial charge in [0.25, 0.3) is 5.56 Å². The van der Waals surface area contributed by atoms with Gasteiger partial charge in [-0.05, 0) is 30.4 Å². The maximum Gasteiger partial charge on any atom is 0.267 e. The predicted octanol–water partition coefficient (Wildman–Crippen LogP) is 3.02. The number of rotatable bonds is 3. The van der Waals surface area contributed by atoms with Gasteiger partial charge in [0.2, 0.25) is 5.88 Å². The SMILES string of the molecule is CC(C)c1cc(Oc2c(Cl)cc(N)c3c2CC3)n[nH]c1=O. The van der Waals surface area contributed by atoms with Gasteiger partial charge in [0.15, 0.2) is 5.75 Å². The predicted molar refractivity (Wildman–Crippen MR) is 82.3 cm³/mol. The van der Waals surface area contributed by atoms with Crippen molar-refractivity contribution in [1.82, 2.24) is 10.2 Å². The molecule has 0 amide bonds. The van der Waals surface area contributed by atoms with Crippen LogP contribution in [0.5, 0.6) is 11.6 Å². The third-order valence-electron chi connectivity index (χ3n) is 3.75. The van der Waals surface area contributed by atoms with E-state index in [-0.39, 0.29) is 11.5 Å². The smallest absolute Gasteiger partial charge is 0.267 e. The van der Waals surface area contributed by atoms with E-state index in [0.717, 1.165) is 24.0 Å². The lowest BCUT2D eigenvalue weighted by atomic mass is 9.86. The Labute approximate surface area is 127 Å². The number of nitrogens with two attached hydrogens (primary N) is 1. The molecule has 0 saturated carbocycles. The minimum Gasteiger partial charge on any atom is -0.436 e. The second-order valence-electron chi connectivity index (χ2n) is 5.48. The Kier molecular flexibility index (Phi) is 3.37. The molecule has 1 aromatic carbocycles. The van der Waals surface area contributed by atoms with Crippen LogP contribution in [0.15, 0.2) is 16.9 Å². The van der Waals surface area contributed by atoms with Gasteiger partial charge in [-0.1, -0.05) is 25.4 Å². The summed E-state index contributed by atoms with van der Waals surface area (Å²) in [5.74, 6) is 1.00. The van der Waals surface area contributed by atoms with Crippen molar-refractivity contribution in [3.8, 4) is 11.6 Å². The highest BCUT2D eigenvalue weighted by molar-refractivity contribution is 6.32. The molecule has 110 valence electrons. The molecule has 6 heteroatoms.